The van der Waals surface area contributed by atoms with Gasteiger partial charge in [-0.1, -0.05) is 0 Å². The molecule has 0 saturated carbocycles. The molecule has 1 saturated heterocycles. The molecule has 2 rings (SSSR count). The summed E-state index contributed by atoms with van der Waals surface area (Å²) in [7, 11) is 2.94. The van der Waals surface area contributed by atoms with E-state index in [2.05, 4.69) is 0 Å². The fourth-order valence-electron chi connectivity index (χ4n) is 1.67. The Bertz CT molecular complexity index is 282. The number of ether oxygens (including phenoxy) is 3. The maximum absolute atomic E-state index is 11.2. The molecule has 5 nitrogen and oxygen atoms in total. The zero-order chi connectivity index (χ0) is 9.64. The molecule has 2 aliphatic rings. The molecule has 0 aromatic heterocycles. The number of carbonyl (C=O) groups is 1. The maximum atomic E-state index is 11.2. The van der Waals surface area contributed by atoms with Gasteiger partial charge in [-0.15, -0.1) is 0 Å². The zero-order valence-corrected chi connectivity index (χ0v) is 7.44. The normalized spacial score (nSPS) is 35.2. The first-order valence-corrected chi connectivity index (χ1v) is 3.93. The number of fused-ring (bicyclic) bond motifs is 1. The first kappa shape index (κ1) is 8.68. The fourth-order valence-corrected chi connectivity index (χ4v) is 1.67. The Hall–Kier alpha value is -0.910. The minimum Gasteiger partial charge on any atom is -0.397 e. The van der Waals surface area contributed by atoms with E-state index in [9.17, 15) is 4.79 Å². The second-order valence-electron chi connectivity index (χ2n) is 3.06. The van der Waals surface area contributed by atoms with Crippen molar-refractivity contribution in [1.82, 2.24) is 0 Å². The molecule has 0 aromatic rings. The minimum atomic E-state index is -1.07. The van der Waals surface area contributed by atoms with E-state index in [0.717, 1.165) is 0 Å². The smallest absolute Gasteiger partial charge is 0.239 e. The van der Waals surface area contributed by atoms with Gasteiger partial charge in [-0.2, -0.15) is 0 Å². The van der Waals surface area contributed by atoms with Crippen LogP contribution in [0.5, 0.6) is 0 Å². The highest BCUT2D eigenvalue weighted by Gasteiger charge is 2.63. The number of hydrogen-bond donors (Lipinski definition) is 1. The van der Waals surface area contributed by atoms with E-state index in [1.807, 2.05) is 0 Å². The van der Waals surface area contributed by atoms with Gasteiger partial charge < -0.3 is 19.9 Å². The third-order valence-corrected chi connectivity index (χ3v) is 2.45. The summed E-state index contributed by atoms with van der Waals surface area (Å²) in [5, 5.41) is 0. The lowest BCUT2D eigenvalue weighted by Crippen LogP contribution is -2.49. The van der Waals surface area contributed by atoms with Gasteiger partial charge in [0.1, 0.15) is 0 Å². The monoisotopic (exact) mass is 185 g/mol. The summed E-state index contributed by atoms with van der Waals surface area (Å²) in [6.07, 6.45) is 0.480. The molecule has 13 heavy (non-hydrogen) atoms. The average Bonchev–Trinajstić information content (AvgIpc) is 2.87. The van der Waals surface area contributed by atoms with Crippen LogP contribution in [0.2, 0.25) is 0 Å². The van der Waals surface area contributed by atoms with Crippen molar-refractivity contribution in [3.05, 3.63) is 11.8 Å². The first-order chi connectivity index (χ1) is 6.15. The van der Waals surface area contributed by atoms with Crippen LogP contribution in [0.1, 0.15) is 0 Å². The third-order valence-electron chi connectivity index (χ3n) is 2.45. The number of ketones is 1. The van der Waals surface area contributed by atoms with E-state index in [-0.39, 0.29) is 17.6 Å². The number of epoxide rings is 1. The van der Waals surface area contributed by atoms with Crippen molar-refractivity contribution in [2.24, 2.45) is 5.73 Å². The van der Waals surface area contributed by atoms with Crippen molar-refractivity contribution in [3.63, 3.8) is 0 Å². The molecule has 0 bridgehead atoms. The van der Waals surface area contributed by atoms with Gasteiger partial charge in [-0.3, -0.25) is 4.79 Å². The van der Waals surface area contributed by atoms with Crippen LogP contribution in [0.3, 0.4) is 0 Å². The van der Waals surface area contributed by atoms with Gasteiger partial charge in [-0.25, -0.2) is 0 Å². The molecule has 1 aliphatic heterocycles. The SMILES string of the molecule is COC1(OC)C(N)=CC(=O)[C@H]2O[C@H]21. The van der Waals surface area contributed by atoms with E-state index >= 15 is 0 Å². The molecule has 1 fully saturated rings. The van der Waals surface area contributed by atoms with E-state index in [1.165, 1.54) is 20.3 Å². The lowest BCUT2D eigenvalue weighted by atomic mass is 9.97. The minimum absolute atomic E-state index is 0.118. The molecule has 0 aromatic carbocycles. The highest BCUT2D eigenvalue weighted by Crippen LogP contribution is 2.42. The van der Waals surface area contributed by atoms with E-state index in [1.54, 1.807) is 0 Å². The van der Waals surface area contributed by atoms with Crippen LogP contribution in [-0.4, -0.2) is 38.0 Å². The van der Waals surface area contributed by atoms with Crippen LogP contribution < -0.4 is 5.73 Å². The summed E-state index contributed by atoms with van der Waals surface area (Å²) >= 11 is 0. The van der Waals surface area contributed by atoms with Crippen molar-refractivity contribution in [1.29, 1.82) is 0 Å². The molecule has 0 spiro atoms. The predicted octanol–water partition coefficient (Wildman–Crippen LogP) is -0.832. The highest BCUT2D eigenvalue weighted by atomic mass is 16.7. The lowest BCUT2D eigenvalue weighted by Gasteiger charge is -2.31. The summed E-state index contributed by atoms with van der Waals surface area (Å²) in [5.74, 6) is -1.19. The largest absolute Gasteiger partial charge is 0.397 e. The number of hydrogen-bond acceptors (Lipinski definition) is 5. The van der Waals surface area contributed by atoms with Gasteiger partial charge in [0.05, 0.1) is 5.70 Å². The Balaban J connectivity index is 2.38. The van der Waals surface area contributed by atoms with Crippen LogP contribution in [0.15, 0.2) is 11.8 Å². The second kappa shape index (κ2) is 2.54. The van der Waals surface area contributed by atoms with Crippen LogP contribution in [-0.2, 0) is 19.0 Å². The highest BCUT2D eigenvalue weighted by molar-refractivity contribution is 5.98. The summed E-state index contributed by atoms with van der Waals surface area (Å²) in [4.78, 5) is 11.2. The average molecular weight is 185 g/mol. The van der Waals surface area contributed by atoms with Crippen molar-refractivity contribution in [2.75, 3.05) is 14.2 Å². The number of methoxy groups -OCH3 is 2. The molecule has 2 N–H and O–H groups in total. The van der Waals surface area contributed by atoms with E-state index in [4.69, 9.17) is 19.9 Å². The van der Waals surface area contributed by atoms with Crippen molar-refractivity contribution >= 4 is 5.78 Å². The Morgan fingerprint density at radius 1 is 1.54 bits per heavy atom. The zero-order valence-electron chi connectivity index (χ0n) is 7.44. The van der Waals surface area contributed by atoms with Crippen LogP contribution in [0.25, 0.3) is 0 Å². The molecular weight excluding hydrogens is 174 g/mol. The fraction of sp³-hybridized carbons (Fsp3) is 0.625. The quantitative estimate of drug-likeness (QED) is 0.449. The topological polar surface area (TPSA) is 74.1 Å². The molecule has 0 unspecified atom stereocenters. The Labute approximate surface area is 75.4 Å². The molecule has 1 aliphatic carbocycles. The van der Waals surface area contributed by atoms with Gasteiger partial charge in [0.25, 0.3) is 0 Å². The lowest BCUT2D eigenvalue weighted by molar-refractivity contribution is -0.192. The van der Waals surface area contributed by atoms with Crippen LogP contribution >= 0.6 is 0 Å². The molecular formula is C8H11NO4. The summed E-state index contributed by atoms with van der Waals surface area (Å²) in [6, 6.07) is 0. The molecule has 1 heterocycles. The van der Waals surface area contributed by atoms with Crippen molar-refractivity contribution in [2.45, 2.75) is 18.0 Å². The van der Waals surface area contributed by atoms with Gasteiger partial charge >= 0.3 is 0 Å². The van der Waals surface area contributed by atoms with Crippen molar-refractivity contribution in [3.8, 4) is 0 Å². The van der Waals surface area contributed by atoms with E-state index in [0.29, 0.717) is 0 Å². The summed E-state index contributed by atoms with van der Waals surface area (Å²) < 4.78 is 15.4. The Morgan fingerprint density at radius 3 is 2.69 bits per heavy atom. The second-order valence-corrected chi connectivity index (χ2v) is 3.06. The maximum Gasteiger partial charge on any atom is 0.239 e. The van der Waals surface area contributed by atoms with Crippen LogP contribution in [0, 0.1) is 0 Å². The van der Waals surface area contributed by atoms with Crippen molar-refractivity contribution < 1.29 is 19.0 Å². The number of nitrogens with two attached hydrogens (primary N) is 1. The predicted molar refractivity (Wildman–Crippen MR) is 42.7 cm³/mol. The molecule has 0 radical (unpaired) electrons. The van der Waals surface area contributed by atoms with Crippen LogP contribution in [0.4, 0.5) is 0 Å². The number of rotatable bonds is 2. The van der Waals surface area contributed by atoms with Gasteiger partial charge in [0, 0.05) is 20.3 Å². The summed E-state index contributed by atoms with van der Waals surface area (Å²) in [5.41, 5.74) is 5.92. The number of carbonyl (C=O) groups excluding carboxylic acids is 1. The van der Waals surface area contributed by atoms with Gasteiger partial charge in [0.15, 0.2) is 18.0 Å². The Morgan fingerprint density at radius 2 is 2.15 bits per heavy atom. The van der Waals surface area contributed by atoms with E-state index < -0.39 is 11.9 Å². The first-order valence-electron chi connectivity index (χ1n) is 3.93. The summed E-state index contributed by atoms with van der Waals surface area (Å²) in [6.45, 7) is 0. The molecule has 2 atom stereocenters. The van der Waals surface area contributed by atoms with Gasteiger partial charge in [-0.05, 0) is 0 Å². The molecule has 72 valence electrons. The molecule has 5 heteroatoms. The van der Waals surface area contributed by atoms with Gasteiger partial charge in [0.2, 0.25) is 5.79 Å². The Kier molecular flexibility index (Phi) is 1.69. The third kappa shape index (κ3) is 0.948. The standard InChI is InChI=1S/C8H11NO4/c1-11-8(12-2)5(9)3-4(10)6-7(8)13-6/h3,6-7H,9H2,1-2H3/t6-,7-/m1/s1. The molecule has 0 amide bonds.